The normalized spacial score (nSPS) is 18.0. The van der Waals surface area contributed by atoms with Gasteiger partial charge in [0, 0.05) is 26.1 Å². The Balaban J connectivity index is 1.45. The van der Waals surface area contributed by atoms with Gasteiger partial charge in [-0.2, -0.15) is 0 Å². The van der Waals surface area contributed by atoms with Gasteiger partial charge in [-0.1, -0.05) is 6.07 Å². The maximum Gasteiger partial charge on any atom is 0.417 e. The molecule has 0 bridgehead atoms. The van der Waals surface area contributed by atoms with E-state index in [1.165, 1.54) is 17.0 Å². The number of rotatable bonds is 6. The van der Waals surface area contributed by atoms with Gasteiger partial charge in [0.05, 0.1) is 10.9 Å². The number of nitrogens with one attached hydrogen (secondary N) is 1. The Morgan fingerprint density at radius 1 is 1.31 bits per heavy atom. The van der Waals surface area contributed by atoms with Crippen LogP contribution in [0, 0.1) is 5.82 Å². The summed E-state index contributed by atoms with van der Waals surface area (Å²) in [5.74, 6) is -1.43. The molecule has 2 fully saturated rings. The number of sulfonamides is 1. The summed E-state index contributed by atoms with van der Waals surface area (Å²) in [5.41, 5.74) is 0. The Morgan fingerprint density at radius 3 is 2.65 bits per heavy atom. The second-order valence-electron chi connectivity index (χ2n) is 5.88. The van der Waals surface area contributed by atoms with E-state index in [0.717, 1.165) is 17.0 Å². The van der Waals surface area contributed by atoms with Crippen molar-refractivity contribution in [1.82, 2.24) is 14.5 Å². The van der Waals surface area contributed by atoms with Crippen LogP contribution in [0.15, 0.2) is 29.2 Å². The second kappa shape index (κ2) is 7.00. The predicted octanol–water partition coefficient (Wildman–Crippen LogP) is -0.316. The van der Waals surface area contributed by atoms with Gasteiger partial charge in [-0.3, -0.25) is 9.59 Å². The highest BCUT2D eigenvalue weighted by Gasteiger charge is 2.44. The van der Waals surface area contributed by atoms with Gasteiger partial charge in [-0.25, -0.2) is 27.2 Å². The molecule has 11 heteroatoms. The Bertz CT molecular complexity index is 837. The Hall–Kier alpha value is -2.53. The minimum absolute atomic E-state index is 0.0976. The van der Waals surface area contributed by atoms with E-state index in [4.69, 9.17) is 0 Å². The number of carbonyl (C=O) groups excluding carboxylic acids is 3. The summed E-state index contributed by atoms with van der Waals surface area (Å²) >= 11 is 0. The van der Waals surface area contributed by atoms with Gasteiger partial charge in [-0.15, -0.1) is 0 Å². The molecule has 1 aromatic rings. The van der Waals surface area contributed by atoms with Gasteiger partial charge >= 0.3 is 6.09 Å². The Morgan fingerprint density at radius 2 is 2.04 bits per heavy atom. The topological polar surface area (TPSA) is 113 Å². The van der Waals surface area contributed by atoms with E-state index < -0.39 is 33.9 Å². The monoisotopic (exact) mass is 385 g/mol. The minimum Gasteiger partial charge on any atom is -0.439 e. The summed E-state index contributed by atoms with van der Waals surface area (Å²) in [7, 11) is -3.91. The third kappa shape index (κ3) is 3.68. The lowest BCUT2D eigenvalue weighted by Crippen LogP contribution is -2.62. The largest absolute Gasteiger partial charge is 0.439 e. The summed E-state index contributed by atoms with van der Waals surface area (Å²) in [6.45, 7) is -0.0543. The van der Waals surface area contributed by atoms with E-state index in [1.54, 1.807) is 0 Å². The molecule has 0 saturated carbocycles. The number of hydrogen-bond donors (Lipinski definition) is 1. The maximum atomic E-state index is 13.1. The predicted molar refractivity (Wildman–Crippen MR) is 84.8 cm³/mol. The molecule has 0 unspecified atom stereocenters. The molecular weight excluding hydrogens is 369 g/mol. The summed E-state index contributed by atoms with van der Waals surface area (Å²) < 4.78 is 44.0. The highest BCUT2D eigenvalue weighted by atomic mass is 32.2. The van der Waals surface area contributed by atoms with Gasteiger partial charge in [0.2, 0.25) is 15.9 Å². The maximum absolute atomic E-state index is 13.1. The van der Waals surface area contributed by atoms with E-state index in [-0.39, 0.29) is 43.5 Å². The van der Waals surface area contributed by atoms with Gasteiger partial charge in [-0.05, 0) is 18.2 Å². The first-order valence-electron chi connectivity index (χ1n) is 7.80. The van der Waals surface area contributed by atoms with Crippen LogP contribution >= 0.6 is 0 Å². The average molecular weight is 385 g/mol. The van der Waals surface area contributed by atoms with E-state index in [9.17, 15) is 27.2 Å². The molecular formula is C15H16FN3O6S. The number of cyclic esters (lactones) is 1. The van der Waals surface area contributed by atoms with E-state index in [0.29, 0.717) is 0 Å². The third-order valence-corrected chi connectivity index (χ3v) is 5.56. The van der Waals surface area contributed by atoms with Crippen LogP contribution in [0.3, 0.4) is 0 Å². The molecule has 1 N–H and O–H groups in total. The number of imide groups is 1. The van der Waals surface area contributed by atoms with Crippen LogP contribution in [0.2, 0.25) is 0 Å². The number of amides is 3. The van der Waals surface area contributed by atoms with Crippen LogP contribution < -0.4 is 4.72 Å². The molecule has 9 nitrogen and oxygen atoms in total. The zero-order chi connectivity index (χ0) is 18.9. The molecule has 140 valence electrons. The van der Waals surface area contributed by atoms with Crippen molar-refractivity contribution in [2.45, 2.75) is 17.4 Å². The fraction of sp³-hybridized carbons (Fsp3) is 0.400. The van der Waals surface area contributed by atoms with Crippen LogP contribution in [0.1, 0.15) is 6.42 Å². The van der Waals surface area contributed by atoms with Crippen molar-refractivity contribution in [2.24, 2.45) is 0 Å². The Kier molecular flexibility index (Phi) is 4.92. The summed E-state index contributed by atoms with van der Waals surface area (Å²) in [5, 5.41) is 0. The van der Waals surface area contributed by atoms with Crippen molar-refractivity contribution < 1.29 is 31.9 Å². The van der Waals surface area contributed by atoms with Gasteiger partial charge in [0.25, 0.3) is 5.91 Å². The lowest BCUT2D eigenvalue weighted by Gasteiger charge is -2.42. The molecule has 0 atom stereocenters. The summed E-state index contributed by atoms with van der Waals surface area (Å²) in [6.07, 6.45) is -0.811. The smallest absolute Gasteiger partial charge is 0.417 e. The van der Waals surface area contributed by atoms with Crippen molar-refractivity contribution in [2.75, 3.05) is 26.2 Å². The van der Waals surface area contributed by atoms with Crippen LogP contribution in [-0.4, -0.2) is 68.4 Å². The van der Waals surface area contributed by atoms with Crippen LogP contribution in [0.5, 0.6) is 0 Å². The van der Waals surface area contributed by atoms with E-state index in [2.05, 4.69) is 9.46 Å². The number of likely N-dealkylation sites (tertiary alicyclic amines) is 1. The van der Waals surface area contributed by atoms with Gasteiger partial charge in [0.15, 0.2) is 6.61 Å². The summed E-state index contributed by atoms with van der Waals surface area (Å²) in [4.78, 5) is 37.2. The third-order valence-electron chi connectivity index (χ3n) is 4.10. The van der Waals surface area contributed by atoms with E-state index in [1.807, 2.05) is 0 Å². The van der Waals surface area contributed by atoms with E-state index >= 15 is 0 Å². The standard InChI is InChI=1S/C15H16FN3O6S/c16-10-2-1-3-12(6-10)26(23,24)17-5-4-13(20)18-7-11(8-18)19-14(21)9-25-15(19)22/h1-3,6,11,17H,4-5,7-9H2. The first-order chi connectivity index (χ1) is 12.3. The van der Waals surface area contributed by atoms with Crippen molar-refractivity contribution in [3.8, 4) is 0 Å². The molecule has 3 amide bonds. The number of halogens is 1. The lowest BCUT2D eigenvalue weighted by atomic mass is 10.1. The number of hydrogen-bond acceptors (Lipinski definition) is 6. The zero-order valence-electron chi connectivity index (χ0n) is 13.6. The molecule has 0 aromatic heterocycles. The van der Waals surface area contributed by atoms with Crippen molar-refractivity contribution in [1.29, 1.82) is 0 Å². The fourth-order valence-corrected chi connectivity index (χ4v) is 3.77. The first kappa shape index (κ1) is 18.3. The molecule has 26 heavy (non-hydrogen) atoms. The molecule has 0 aliphatic carbocycles. The molecule has 2 heterocycles. The first-order valence-corrected chi connectivity index (χ1v) is 9.28. The average Bonchev–Trinajstić information content (AvgIpc) is 2.86. The number of benzene rings is 1. The number of nitrogens with zero attached hydrogens (tertiary/aromatic N) is 2. The van der Waals surface area contributed by atoms with Crippen molar-refractivity contribution in [3.63, 3.8) is 0 Å². The van der Waals surface area contributed by atoms with Crippen LogP contribution in [-0.2, 0) is 24.3 Å². The molecule has 1 aromatic carbocycles. The van der Waals surface area contributed by atoms with Crippen LogP contribution in [0.4, 0.5) is 9.18 Å². The quantitative estimate of drug-likeness (QED) is 0.718. The van der Waals surface area contributed by atoms with Crippen LogP contribution in [0.25, 0.3) is 0 Å². The molecule has 2 saturated heterocycles. The number of ether oxygens (including phenoxy) is 1. The SMILES string of the molecule is O=C(CCNS(=O)(=O)c1cccc(F)c1)N1CC(N2C(=O)COC2=O)C1. The van der Waals surface area contributed by atoms with Crippen molar-refractivity contribution >= 4 is 27.9 Å². The lowest BCUT2D eigenvalue weighted by molar-refractivity contribution is -0.141. The number of carbonyl (C=O) groups is 3. The van der Waals surface area contributed by atoms with Crippen molar-refractivity contribution in [3.05, 3.63) is 30.1 Å². The molecule has 0 radical (unpaired) electrons. The zero-order valence-corrected chi connectivity index (χ0v) is 14.4. The van der Waals surface area contributed by atoms with Gasteiger partial charge in [0.1, 0.15) is 5.82 Å². The molecule has 2 aliphatic heterocycles. The molecule has 2 aliphatic rings. The fourth-order valence-electron chi connectivity index (χ4n) is 2.71. The highest BCUT2D eigenvalue weighted by molar-refractivity contribution is 7.89. The second-order valence-corrected chi connectivity index (χ2v) is 7.64. The highest BCUT2D eigenvalue weighted by Crippen LogP contribution is 2.20. The minimum atomic E-state index is -3.91. The Labute approximate surface area is 148 Å². The van der Waals surface area contributed by atoms with Gasteiger partial charge < -0.3 is 9.64 Å². The molecule has 0 spiro atoms. The molecule has 3 rings (SSSR count). The summed E-state index contributed by atoms with van der Waals surface area (Å²) in [6, 6.07) is 4.13.